The maximum absolute atomic E-state index is 13.3. The van der Waals surface area contributed by atoms with Gasteiger partial charge in [0.05, 0.1) is 6.54 Å². The number of rotatable bonds is 5. The molecule has 1 fully saturated rings. The lowest BCUT2D eigenvalue weighted by Gasteiger charge is -2.51. The number of aliphatic hydroxyl groups excluding tert-OH is 1. The number of carbonyl (C=O) groups excluding carboxylic acids is 2. The molecule has 2 unspecified atom stereocenters. The second-order valence-electron chi connectivity index (χ2n) is 6.24. The Morgan fingerprint density at radius 1 is 1.33 bits per heavy atom. The topological polar surface area (TPSA) is 110 Å². The minimum absolute atomic E-state index is 0.0236. The van der Waals surface area contributed by atoms with E-state index in [1.54, 1.807) is 0 Å². The third-order valence-corrected chi connectivity index (χ3v) is 4.30. The minimum Gasteiger partial charge on any atom is -0.400 e. The lowest BCUT2D eigenvalue weighted by atomic mass is 9.55. The van der Waals surface area contributed by atoms with Crippen molar-refractivity contribution in [3.63, 3.8) is 0 Å². The Morgan fingerprint density at radius 3 is 2.37 bits per heavy atom. The summed E-state index contributed by atoms with van der Waals surface area (Å²) < 4.78 is 13.3. The first kappa shape index (κ1) is 23.6. The quantitative estimate of drug-likeness (QED) is 0.362. The molecule has 144 valence electrons. The van der Waals surface area contributed by atoms with E-state index < -0.39 is 28.6 Å². The number of amides is 1. The van der Waals surface area contributed by atoms with Crippen molar-refractivity contribution in [3.8, 4) is 0 Å². The molecule has 7 nitrogen and oxygen atoms in total. The maximum Gasteiger partial charge on any atom is 0.251 e. The van der Waals surface area contributed by atoms with Gasteiger partial charge in [-0.3, -0.25) is 9.69 Å². The number of piperidine rings is 1. The molecule has 1 heterocycles. The van der Waals surface area contributed by atoms with E-state index >= 15 is 0 Å². The third-order valence-electron chi connectivity index (χ3n) is 4.08. The van der Waals surface area contributed by atoms with Gasteiger partial charge in [-0.05, 0) is 18.2 Å². The molecule has 4 radical (unpaired) electrons. The first-order valence-electron chi connectivity index (χ1n) is 7.92. The van der Waals surface area contributed by atoms with Crippen LogP contribution in [0.2, 0.25) is 5.02 Å². The summed E-state index contributed by atoms with van der Waals surface area (Å²) in [5.41, 5.74) is -3.92. The molecule has 1 aromatic rings. The van der Waals surface area contributed by atoms with E-state index in [1.165, 1.54) is 11.0 Å². The van der Waals surface area contributed by atoms with Gasteiger partial charge in [0.1, 0.15) is 27.8 Å². The van der Waals surface area contributed by atoms with Crippen LogP contribution >= 0.6 is 11.6 Å². The first-order valence-corrected chi connectivity index (χ1v) is 8.30. The summed E-state index contributed by atoms with van der Waals surface area (Å²) in [5.74, 6) is -2.45. The Bertz CT molecular complexity index is 640. The molecule has 11 heteroatoms. The molecular formula is C16H20B2ClFN2O5. The van der Waals surface area contributed by atoms with Gasteiger partial charge in [-0.15, -0.1) is 0 Å². The number of hydrogen-bond donors (Lipinski definition) is 4. The van der Waals surface area contributed by atoms with E-state index in [1.807, 2.05) is 0 Å². The molecule has 1 aliphatic heterocycles. The fourth-order valence-electron chi connectivity index (χ4n) is 3.00. The molecule has 0 aliphatic carbocycles. The average Bonchev–Trinajstić information content (AvgIpc) is 2.53. The van der Waals surface area contributed by atoms with Crippen molar-refractivity contribution in [2.24, 2.45) is 5.92 Å². The summed E-state index contributed by atoms with van der Waals surface area (Å²) in [6.45, 7) is -0.545. The monoisotopic (exact) mass is 396 g/mol. The van der Waals surface area contributed by atoms with Crippen molar-refractivity contribution in [1.82, 2.24) is 10.2 Å². The van der Waals surface area contributed by atoms with Crippen LogP contribution in [0.4, 0.5) is 4.39 Å². The van der Waals surface area contributed by atoms with Gasteiger partial charge in [0.2, 0.25) is 0 Å². The second-order valence-corrected chi connectivity index (χ2v) is 6.68. The van der Waals surface area contributed by atoms with Gasteiger partial charge in [0.15, 0.2) is 0 Å². The van der Waals surface area contributed by atoms with Crippen LogP contribution in [0.1, 0.15) is 10.4 Å². The number of aliphatic hydroxyl groups is 3. The van der Waals surface area contributed by atoms with Gasteiger partial charge in [-0.25, -0.2) is 4.39 Å². The Hall–Kier alpha value is -1.45. The van der Waals surface area contributed by atoms with Crippen molar-refractivity contribution in [2.45, 2.75) is 11.0 Å². The van der Waals surface area contributed by atoms with Crippen LogP contribution in [0.25, 0.3) is 0 Å². The van der Waals surface area contributed by atoms with E-state index in [0.717, 1.165) is 19.2 Å². The van der Waals surface area contributed by atoms with Gasteiger partial charge in [0.25, 0.3) is 5.91 Å². The van der Waals surface area contributed by atoms with E-state index in [4.69, 9.17) is 32.4 Å². The molecule has 0 bridgehead atoms. The summed E-state index contributed by atoms with van der Waals surface area (Å²) >= 11 is 5.71. The average molecular weight is 396 g/mol. The van der Waals surface area contributed by atoms with Crippen LogP contribution in [0.3, 0.4) is 0 Å². The van der Waals surface area contributed by atoms with Crippen LogP contribution in [-0.2, 0) is 4.79 Å². The molecule has 0 saturated carbocycles. The zero-order chi connectivity index (χ0) is 20.8. The molecule has 4 N–H and O–H groups in total. The lowest BCUT2D eigenvalue weighted by molar-refractivity contribution is -0.119. The van der Waals surface area contributed by atoms with Crippen LogP contribution in [-0.4, -0.2) is 92.4 Å². The lowest BCUT2D eigenvalue weighted by Crippen LogP contribution is -2.69. The van der Waals surface area contributed by atoms with Crippen LogP contribution in [0.15, 0.2) is 18.2 Å². The molecule has 0 aromatic heterocycles. The number of hydrogen-bond acceptors (Lipinski definition) is 6. The summed E-state index contributed by atoms with van der Waals surface area (Å²) in [5, 5.41) is 30.3. The van der Waals surface area contributed by atoms with Crippen LogP contribution < -0.4 is 5.32 Å². The summed E-state index contributed by atoms with van der Waals surface area (Å²) in [7, 11) is 12.6. The molecular weight excluding hydrogens is 376 g/mol. The highest BCUT2D eigenvalue weighted by Gasteiger charge is 2.48. The van der Waals surface area contributed by atoms with Gasteiger partial charge in [0, 0.05) is 54.2 Å². The Balaban J connectivity index is 0.00000176. The second kappa shape index (κ2) is 9.66. The number of aldehydes is 1. The fraction of sp³-hybridized carbons (Fsp3) is 0.500. The van der Waals surface area contributed by atoms with Crippen molar-refractivity contribution in [3.05, 3.63) is 34.6 Å². The standard InChI is InChI=1S/C15H16B2ClFN2O4.CH4O/c16-14(24)7-21(1-2-22)8-15(17,25)12(14)6-20-13(23)9-3-10(18)5-11(19)4-9;1-2/h2-5,12,24-25H,1,6-8H2,(H,20,23);2H,1H3. The maximum atomic E-state index is 13.3. The highest BCUT2D eigenvalue weighted by molar-refractivity contribution is 6.31. The van der Waals surface area contributed by atoms with E-state index in [-0.39, 0.29) is 36.8 Å². The van der Waals surface area contributed by atoms with Crippen LogP contribution in [0.5, 0.6) is 0 Å². The van der Waals surface area contributed by atoms with Crippen molar-refractivity contribution in [2.75, 3.05) is 33.3 Å². The molecule has 2 rings (SSSR count). The third kappa shape index (κ3) is 6.29. The molecule has 1 aromatic carbocycles. The molecule has 1 saturated heterocycles. The highest BCUT2D eigenvalue weighted by atomic mass is 35.5. The first-order chi connectivity index (χ1) is 12.5. The number of carbonyl (C=O) groups is 2. The Morgan fingerprint density at radius 2 is 1.89 bits per heavy atom. The van der Waals surface area contributed by atoms with Crippen molar-refractivity contribution >= 4 is 39.5 Å². The molecule has 1 amide bonds. The normalized spacial score (nSPS) is 28.0. The van der Waals surface area contributed by atoms with Crippen LogP contribution in [0, 0.1) is 11.7 Å². The summed E-state index contributed by atoms with van der Waals surface area (Å²) in [4.78, 5) is 24.2. The largest absolute Gasteiger partial charge is 0.400 e. The number of nitrogens with zero attached hydrogens (tertiary/aromatic N) is 1. The van der Waals surface area contributed by atoms with Gasteiger partial charge in [-0.2, -0.15) is 0 Å². The molecule has 0 spiro atoms. The summed E-state index contributed by atoms with van der Waals surface area (Å²) in [6.07, 6.45) is 0.599. The van der Waals surface area contributed by atoms with E-state index in [9.17, 15) is 24.2 Å². The number of nitrogens with one attached hydrogen (secondary N) is 1. The van der Waals surface area contributed by atoms with Gasteiger partial charge < -0.3 is 25.4 Å². The van der Waals surface area contributed by atoms with E-state index in [0.29, 0.717) is 6.29 Å². The Kier molecular flexibility index (Phi) is 8.44. The molecule has 1 aliphatic rings. The van der Waals surface area contributed by atoms with E-state index in [2.05, 4.69) is 5.32 Å². The molecule has 2 atom stereocenters. The predicted octanol–water partition coefficient (Wildman–Crippen LogP) is -1.34. The zero-order valence-corrected chi connectivity index (χ0v) is 15.5. The van der Waals surface area contributed by atoms with Crippen molar-refractivity contribution < 1.29 is 29.3 Å². The number of likely N-dealkylation sites (tertiary alicyclic amines) is 1. The Labute approximate surface area is 164 Å². The van der Waals surface area contributed by atoms with Gasteiger partial charge >= 0.3 is 0 Å². The number of halogens is 2. The SMILES string of the molecule is CO.[B]C1(O)CN(CC=O)CC([B])(O)C1CNC(=O)c1cc(F)cc(Cl)c1. The summed E-state index contributed by atoms with van der Waals surface area (Å²) in [6, 6.07) is 3.32. The predicted molar refractivity (Wildman–Crippen MR) is 99.3 cm³/mol. The zero-order valence-electron chi connectivity index (χ0n) is 14.7. The van der Waals surface area contributed by atoms with Gasteiger partial charge in [-0.1, -0.05) is 11.6 Å². The highest BCUT2D eigenvalue weighted by Crippen LogP contribution is 2.31. The minimum atomic E-state index is -1.95. The smallest absolute Gasteiger partial charge is 0.251 e. The number of benzene rings is 1. The molecule has 27 heavy (non-hydrogen) atoms. The van der Waals surface area contributed by atoms with Crippen molar-refractivity contribution in [1.29, 1.82) is 0 Å². The fourth-order valence-corrected chi connectivity index (χ4v) is 3.22. The number of β-amino-alcohol motifs (C(OH)–C–C–N with tert-alkyl or cyclic N) is 2.